The summed E-state index contributed by atoms with van der Waals surface area (Å²) >= 11 is 1.40. The Labute approximate surface area is 181 Å². The summed E-state index contributed by atoms with van der Waals surface area (Å²) in [5.74, 6) is -0.568. The largest absolute Gasteiger partial charge is 0.487 e. The van der Waals surface area contributed by atoms with Crippen molar-refractivity contribution in [2.75, 3.05) is 5.32 Å². The normalized spacial score (nSPS) is 10.9. The number of anilines is 1. The molecule has 1 amide bonds. The molecule has 158 valence electrons. The molecule has 0 saturated heterocycles. The van der Waals surface area contributed by atoms with Gasteiger partial charge in [-0.2, -0.15) is 9.61 Å². The lowest BCUT2D eigenvalue weighted by Gasteiger charge is -2.08. The number of amides is 1. The van der Waals surface area contributed by atoms with Crippen molar-refractivity contribution >= 4 is 27.9 Å². The second-order valence-electron chi connectivity index (χ2n) is 6.77. The topological polar surface area (TPSA) is 85.6 Å². The van der Waals surface area contributed by atoms with E-state index in [1.54, 1.807) is 30.3 Å². The van der Waals surface area contributed by atoms with Gasteiger partial charge in [0.2, 0.25) is 4.96 Å². The molecule has 0 unspecified atom stereocenters. The average molecular weight is 438 g/mol. The summed E-state index contributed by atoms with van der Waals surface area (Å²) < 4.78 is 20.7. The molecule has 4 rings (SSSR count). The van der Waals surface area contributed by atoms with Crippen LogP contribution in [-0.4, -0.2) is 20.5 Å². The van der Waals surface area contributed by atoms with Gasteiger partial charge in [-0.25, -0.2) is 9.37 Å². The SMILES string of the molecule is CCCc1nn2c(=O)cc(COc3ccc(NC(=O)c4ccccc4F)cc3)nc2s1. The van der Waals surface area contributed by atoms with Crippen LogP contribution in [0.4, 0.5) is 10.1 Å². The summed E-state index contributed by atoms with van der Waals surface area (Å²) in [4.78, 5) is 29.4. The first kappa shape index (κ1) is 20.7. The number of hydrogen-bond acceptors (Lipinski definition) is 6. The summed E-state index contributed by atoms with van der Waals surface area (Å²) in [6, 6.07) is 13.8. The first-order chi connectivity index (χ1) is 15.0. The minimum Gasteiger partial charge on any atom is -0.487 e. The molecule has 4 aromatic rings. The zero-order valence-corrected chi connectivity index (χ0v) is 17.5. The van der Waals surface area contributed by atoms with Crippen molar-refractivity contribution in [1.29, 1.82) is 0 Å². The van der Waals surface area contributed by atoms with Crippen molar-refractivity contribution in [3.8, 4) is 5.75 Å². The number of hydrogen-bond donors (Lipinski definition) is 1. The highest BCUT2D eigenvalue weighted by Crippen LogP contribution is 2.19. The van der Waals surface area contributed by atoms with Gasteiger partial charge in [-0.3, -0.25) is 9.59 Å². The second kappa shape index (κ2) is 9.05. The van der Waals surface area contributed by atoms with Crippen LogP contribution in [0.1, 0.15) is 34.4 Å². The maximum absolute atomic E-state index is 13.7. The molecule has 0 aliphatic carbocycles. The van der Waals surface area contributed by atoms with Crippen LogP contribution in [-0.2, 0) is 13.0 Å². The average Bonchev–Trinajstić information content (AvgIpc) is 3.17. The molecular weight excluding hydrogens is 419 g/mol. The molecule has 0 radical (unpaired) electrons. The Hall–Kier alpha value is -3.59. The number of rotatable bonds is 7. The van der Waals surface area contributed by atoms with Gasteiger partial charge in [0.25, 0.3) is 11.5 Å². The van der Waals surface area contributed by atoms with E-state index in [1.165, 1.54) is 40.1 Å². The number of fused-ring (bicyclic) bond motifs is 1. The number of carbonyl (C=O) groups excluding carboxylic acids is 1. The number of aryl methyl sites for hydroxylation is 1. The van der Waals surface area contributed by atoms with Crippen LogP contribution in [0.2, 0.25) is 0 Å². The number of ether oxygens (including phenoxy) is 1. The third kappa shape index (κ3) is 4.77. The van der Waals surface area contributed by atoms with Gasteiger partial charge in [-0.15, -0.1) is 0 Å². The van der Waals surface area contributed by atoms with E-state index in [4.69, 9.17) is 4.74 Å². The smallest absolute Gasteiger partial charge is 0.275 e. The molecule has 0 bridgehead atoms. The summed E-state index contributed by atoms with van der Waals surface area (Å²) in [5, 5.41) is 7.80. The molecule has 2 aromatic carbocycles. The van der Waals surface area contributed by atoms with Gasteiger partial charge in [0.05, 0.1) is 11.3 Å². The molecule has 0 spiro atoms. The number of aromatic nitrogens is 3. The Balaban J connectivity index is 1.41. The molecule has 0 fully saturated rings. The molecule has 0 aliphatic rings. The summed E-state index contributed by atoms with van der Waals surface area (Å²) in [5.41, 5.74) is 0.745. The summed E-state index contributed by atoms with van der Waals surface area (Å²) in [6.45, 7) is 2.17. The molecule has 0 saturated carbocycles. The first-order valence-electron chi connectivity index (χ1n) is 9.71. The Morgan fingerprint density at radius 3 is 2.71 bits per heavy atom. The third-order valence-electron chi connectivity index (χ3n) is 4.42. The van der Waals surface area contributed by atoms with E-state index in [0.717, 1.165) is 17.8 Å². The van der Waals surface area contributed by atoms with Crippen LogP contribution >= 0.6 is 11.3 Å². The molecule has 0 atom stereocenters. The van der Waals surface area contributed by atoms with E-state index in [2.05, 4.69) is 22.3 Å². The predicted molar refractivity (Wildman–Crippen MR) is 116 cm³/mol. The molecule has 2 heterocycles. The van der Waals surface area contributed by atoms with Crippen molar-refractivity contribution in [2.24, 2.45) is 0 Å². The van der Waals surface area contributed by atoms with Gasteiger partial charge in [-0.05, 0) is 42.8 Å². The number of halogens is 1. The van der Waals surface area contributed by atoms with E-state index in [9.17, 15) is 14.0 Å². The highest BCUT2D eigenvalue weighted by atomic mass is 32.1. The van der Waals surface area contributed by atoms with E-state index in [1.807, 2.05) is 0 Å². The van der Waals surface area contributed by atoms with E-state index >= 15 is 0 Å². The minimum absolute atomic E-state index is 0.0271. The van der Waals surface area contributed by atoms with Crippen LogP contribution in [0.25, 0.3) is 4.96 Å². The minimum atomic E-state index is -0.580. The monoisotopic (exact) mass is 438 g/mol. The van der Waals surface area contributed by atoms with Crippen LogP contribution in [0, 0.1) is 5.82 Å². The van der Waals surface area contributed by atoms with Crippen LogP contribution in [0.15, 0.2) is 59.4 Å². The van der Waals surface area contributed by atoms with Gasteiger partial charge in [0, 0.05) is 18.2 Å². The van der Waals surface area contributed by atoms with E-state index < -0.39 is 11.7 Å². The molecule has 2 aromatic heterocycles. The molecule has 0 aliphatic heterocycles. The fraction of sp³-hybridized carbons (Fsp3) is 0.182. The van der Waals surface area contributed by atoms with Crippen molar-refractivity contribution in [3.05, 3.63) is 87.0 Å². The Bertz CT molecular complexity index is 1280. The molecular formula is C22H19FN4O3S. The zero-order valence-electron chi connectivity index (χ0n) is 16.7. The van der Waals surface area contributed by atoms with Crippen molar-refractivity contribution in [1.82, 2.24) is 14.6 Å². The van der Waals surface area contributed by atoms with Crippen LogP contribution < -0.4 is 15.6 Å². The van der Waals surface area contributed by atoms with Crippen LogP contribution in [0.5, 0.6) is 5.75 Å². The maximum Gasteiger partial charge on any atom is 0.275 e. The Morgan fingerprint density at radius 2 is 1.97 bits per heavy atom. The van der Waals surface area contributed by atoms with Crippen LogP contribution in [0.3, 0.4) is 0 Å². The van der Waals surface area contributed by atoms with Crippen molar-refractivity contribution in [3.63, 3.8) is 0 Å². The van der Waals surface area contributed by atoms with Gasteiger partial charge in [0.1, 0.15) is 23.2 Å². The lowest BCUT2D eigenvalue weighted by atomic mass is 10.2. The van der Waals surface area contributed by atoms with Gasteiger partial charge in [0.15, 0.2) is 0 Å². The lowest BCUT2D eigenvalue weighted by Crippen LogP contribution is -2.16. The lowest BCUT2D eigenvalue weighted by molar-refractivity contribution is 0.102. The molecule has 31 heavy (non-hydrogen) atoms. The van der Waals surface area contributed by atoms with Crippen molar-refractivity contribution in [2.45, 2.75) is 26.4 Å². The maximum atomic E-state index is 13.7. The quantitative estimate of drug-likeness (QED) is 0.470. The fourth-order valence-electron chi connectivity index (χ4n) is 2.92. The standard InChI is InChI=1S/C22H19FN4O3S/c1-2-5-19-26-27-20(28)12-15(25-22(27)31-19)13-30-16-10-8-14(9-11-16)24-21(29)17-6-3-4-7-18(17)23/h3-4,6-12H,2,5,13H2,1H3,(H,24,29). The summed E-state index contributed by atoms with van der Waals surface area (Å²) in [6.07, 6.45) is 1.75. The third-order valence-corrected chi connectivity index (χ3v) is 5.39. The zero-order chi connectivity index (χ0) is 21.8. The molecule has 1 N–H and O–H groups in total. The van der Waals surface area contributed by atoms with Gasteiger partial charge < -0.3 is 10.1 Å². The Kier molecular flexibility index (Phi) is 6.03. The predicted octanol–water partition coefficient (Wildman–Crippen LogP) is 4.07. The number of benzene rings is 2. The first-order valence-corrected chi connectivity index (χ1v) is 10.5. The second-order valence-corrected chi connectivity index (χ2v) is 7.81. The van der Waals surface area contributed by atoms with E-state index in [0.29, 0.717) is 22.1 Å². The molecule has 9 heteroatoms. The summed E-state index contributed by atoms with van der Waals surface area (Å²) in [7, 11) is 0. The number of carbonyl (C=O) groups is 1. The number of nitrogens with one attached hydrogen (secondary N) is 1. The Morgan fingerprint density at radius 1 is 1.19 bits per heavy atom. The highest BCUT2D eigenvalue weighted by molar-refractivity contribution is 7.16. The van der Waals surface area contributed by atoms with Gasteiger partial charge in [-0.1, -0.05) is 30.4 Å². The van der Waals surface area contributed by atoms with Crippen molar-refractivity contribution < 1.29 is 13.9 Å². The number of nitrogens with zero attached hydrogens (tertiary/aromatic N) is 3. The van der Waals surface area contributed by atoms with Gasteiger partial charge >= 0.3 is 0 Å². The fourth-order valence-corrected chi connectivity index (χ4v) is 3.94. The van der Waals surface area contributed by atoms with E-state index in [-0.39, 0.29) is 17.7 Å². The molecule has 7 nitrogen and oxygen atoms in total. The highest BCUT2D eigenvalue weighted by Gasteiger charge is 2.12.